The van der Waals surface area contributed by atoms with Crippen molar-refractivity contribution in [2.24, 2.45) is 0 Å². The van der Waals surface area contributed by atoms with E-state index in [9.17, 15) is 0 Å². The van der Waals surface area contributed by atoms with E-state index in [-0.39, 0.29) is 0 Å². The maximum Gasteiger partial charge on any atom is 0.120 e. The van der Waals surface area contributed by atoms with E-state index in [0.29, 0.717) is 6.04 Å². The largest absolute Gasteiger partial charge is 0.497 e. The van der Waals surface area contributed by atoms with Crippen LogP contribution in [-0.4, -0.2) is 31.1 Å². The number of nitrogens with one attached hydrogen (secondary N) is 1. The Morgan fingerprint density at radius 3 is 2.65 bits per heavy atom. The molecule has 3 rings (SSSR count). The van der Waals surface area contributed by atoms with Gasteiger partial charge in [0, 0.05) is 43.1 Å². The normalized spacial score (nSPS) is 16.2. The van der Waals surface area contributed by atoms with E-state index >= 15 is 0 Å². The van der Waals surface area contributed by atoms with Crippen molar-refractivity contribution in [2.45, 2.75) is 25.4 Å². The maximum atomic E-state index is 5.86. The van der Waals surface area contributed by atoms with Gasteiger partial charge >= 0.3 is 0 Å². The van der Waals surface area contributed by atoms with Crippen molar-refractivity contribution in [3.63, 3.8) is 0 Å². The second kappa shape index (κ2) is 7.38. The summed E-state index contributed by atoms with van der Waals surface area (Å²) in [6.07, 6.45) is 2.30. The highest BCUT2D eigenvalue weighted by Crippen LogP contribution is 2.21. The first kappa shape index (κ1) is 15.7. The minimum atomic E-state index is 0.527. The number of methoxy groups -OCH3 is 1. The standard InChI is InChI=1S/C19H25N3O/c1-23-19-7-3-6-18(13-19)21-17-8-10-22(11-9-17)14-15-4-2-5-16(20)12-15/h2-7,12-13,17,21H,8-11,14,20H2,1H3. The van der Waals surface area contributed by atoms with E-state index < -0.39 is 0 Å². The number of anilines is 2. The van der Waals surface area contributed by atoms with Gasteiger partial charge in [0.05, 0.1) is 7.11 Å². The first-order chi connectivity index (χ1) is 11.2. The van der Waals surface area contributed by atoms with Crippen LogP contribution in [0.3, 0.4) is 0 Å². The monoisotopic (exact) mass is 311 g/mol. The fourth-order valence-electron chi connectivity index (χ4n) is 3.13. The average molecular weight is 311 g/mol. The van der Waals surface area contributed by atoms with Crippen molar-refractivity contribution in [1.82, 2.24) is 4.90 Å². The molecule has 4 nitrogen and oxygen atoms in total. The van der Waals surface area contributed by atoms with Gasteiger partial charge in [-0.15, -0.1) is 0 Å². The van der Waals surface area contributed by atoms with Crippen LogP contribution in [0.4, 0.5) is 11.4 Å². The molecule has 3 N–H and O–H groups in total. The number of piperidine rings is 1. The fraction of sp³-hybridized carbons (Fsp3) is 0.368. The van der Waals surface area contributed by atoms with Gasteiger partial charge in [-0.3, -0.25) is 4.90 Å². The van der Waals surface area contributed by atoms with E-state index in [1.54, 1.807) is 7.11 Å². The summed E-state index contributed by atoms with van der Waals surface area (Å²) in [6.45, 7) is 3.20. The van der Waals surface area contributed by atoms with Gasteiger partial charge in [0.15, 0.2) is 0 Å². The Balaban J connectivity index is 1.50. The molecule has 0 aromatic heterocycles. The lowest BCUT2D eigenvalue weighted by atomic mass is 10.0. The lowest BCUT2D eigenvalue weighted by Gasteiger charge is -2.33. The highest BCUT2D eigenvalue weighted by molar-refractivity contribution is 5.49. The molecule has 122 valence electrons. The van der Waals surface area contributed by atoms with E-state index in [1.807, 2.05) is 24.3 Å². The van der Waals surface area contributed by atoms with Gasteiger partial charge in [-0.2, -0.15) is 0 Å². The zero-order chi connectivity index (χ0) is 16.1. The molecule has 0 unspecified atom stereocenters. The molecule has 1 heterocycles. The molecule has 0 aliphatic carbocycles. The maximum absolute atomic E-state index is 5.86. The lowest BCUT2D eigenvalue weighted by Crippen LogP contribution is -2.38. The molecule has 1 fully saturated rings. The molecule has 0 spiro atoms. The van der Waals surface area contributed by atoms with Crippen LogP contribution < -0.4 is 15.8 Å². The highest BCUT2D eigenvalue weighted by Gasteiger charge is 2.19. The second-order valence-corrected chi connectivity index (χ2v) is 6.17. The Morgan fingerprint density at radius 2 is 1.91 bits per heavy atom. The third-order valence-electron chi connectivity index (χ3n) is 4.39. The zero-order valence-corrected chi connectivity index (χ0v) is 13.7. The van der Waals surface area contributed by atoms with Crippen LogP contribution in [0.25, 0.3) is 0 Å². The van der Waals surface area contributed by atoms with Gasteiger partial charge < -0.3 is 15.8 Å². The van der Waals surface area contributed by atoms with Gasteiger partial charge in [0.1, 0.15) is 5.75 Å². The molecule has 0 radical (unpaired) electrons. The molecule has 0 amide bonds. The number of nitrogen functional groups attached to an aromatic ring is 1. The molecule has 0 bridgehead atoms. The molecule has 1 aliphatic heterocycles. The molecule has 4 heteroatoms. The predicted molar refractivity (Wildman–Crippen MR) is 95.8 cm³/mol. The van der Waals surface area contributed by atoms with Crippen LogP contribution in [-0.2, 0) is 6.54 Å². The highest BCUT2D eigenvalue weighted by atomic mass is 16.5. The minimum Gasteiger partial charge on any atom is -0.497 e. The van der Waals surface area contributed by atoms with Gasteiger partial charge in [0.25, 0.3) is 0 Å². The van der Waals surface area contributed by atoms with Crippen LogP contribution >= 0.6 is 0 Å². The van der Waals surface area contributed by atoms with Gasteiger partial charge in [0.2, 0.25) is 0 Å². The van der Waals surface area contributed by atoms with E-state index in [1.165, 1.54) is 5.56 Å². The van der Waals surface area contributed by atoms with Crippen LogP contribution in [0.5, 0.6) is 5.75 Å². The molecule has 1 aliphatic rings. The van der Waals surface area contributed by atoms with Gasteiger partial charge in [-0.05, 0) is 42.7 Å². The van der Waals surface area contributed by atoms with Crippen LogP contribution in [0.15, 0.2) is 48.5 Å². The van der Waals surface area contributed by atoms with E-state index in [4.69, 9.17) is 10.5 Å². The topological polar surface area (TPSA) is 50.5 Å². The molecule has 2 aromatic carbocycles. The fourth-order valence-corrected chi connectivity index (χ4v) is 3.13. The molecule has 1 saturated heterocycles. The number of benzene rings is 2. The molecule has 23 heavy (non-hydrogen) atoms. The summed E-state index contributed by atoms with van der Waals surface area (Å²) in [7, 11) is 1.70. The Labute approximate surface area is 138 Å². The third kappa shape index (κ3) is 4.39. The number of hydrogen-bond acceptors (Lipinski definition) is 4. The zero-order valence-electron chi connectivity index (χ0n) is 13.7. The first-order valence-corrected chi connectivity index (χ1v) is 8.20. The SMILES string of the molecule is COc1cccc(NC2CCN(Cc3cccc(N)c3)CC2)c1. The summed E-state index contributed by atoms with van der Waals surface area (Å²) in [5.41, 5.74) is 9.13. The number of hydrogen-bond donors (Lipinski definition) is 2. The summed E-state index contributed by atoms with van der Waals surface area (Å²) in [6, 6.07) is 16.9. The molecular formula is C19H25N3O. The van der Waals surface area contributed by atoms with Crippen LogP contribution in [0.2, 0.25) is 0 Å². The molecule has 0 saturated carbocycles. The Hall–Kier alpha value is -2.20. The Kier molecular flexibility index (Phi) is 5.03. The summed E-state index contributed by atoms with van der Waals surface area (Å²) >= 11 is 0. The number of rotatable bonds is 5. The number of likely N-dealkylation sites (tertiary alicyclic amines) is 1. The smallest absolute Gasteiger partial charge is 0.120 e. The molecule has 0 atom stereocenters. The number of nitrogens with zero attached hydrogens (tertiary/aromatic N) is 1. The average Bonchev–Trinajstić information content (AvgIpc) is 2.57. The van der Waals surface area contributed by atoms with Gasteiger partial charge in [-0.1, -0.05) is 18.2 Å². The summed E-state index contributed by atoms with van der Waals surface area (Å²) in [5, 5.41) is 3.62. The number of nitrogens with two attached hydrogens (primary N) is 1. The minimum absolute atomic E-state index is 0.527. The number of ether oxygens (including phenoxy) is 1. The lowest BCUT2D eigenvalue weighted by molar-refractivity contribution is 0.211. The van der Waals surface area contributed by atoms with Crippen molar-refractivity contribution in [1.29, 1.82) is 0 Å². The third-order valence-corrected chi connectivity index (χ3v) is 4.39. The summed E-state index contributed by atoms with van der Waals surface area (Å²) in [5.74, 6) is 0.897. The van der Waals surface area contributed by atoms with Gasteiger partial charge in [-0.25, -0.2) is 0 Å². The first-order valence-electron chi connectivity index (χ1n) is 8.20. The van der Waals surface area contributed by atoms with E-state index in [2.05, 4.69) is 34.5 Å². The summed E-state index contributed by atoms with van der Waals surface area (Å²) in [4.78, 5) is 2.50. The van der Waals surface area contributed by atoms with Crippen molar-refractivity contribution < 1.29 is 4.74 Å². The van der Waals surface area contributed by atoms with Crippen molar-refractivity contribution in [2.75, 3.05) is 31.2 Å². The van der Waals surface area contributed by atoms with Crippen LogP contribution in [0.1, 0.15) is 18.4 Å². The Bertz CT molecular complexity index is 636. The van der Waals surface area contributed by atoms with Crippen molar-refractivity contribution in [3.05, 3.63) is 54.1 Å². The second-order valence-electron chi connectivity index (χ2n) is 6.17. The van der Waals surface area contributed by atoms with Crippen molar-refractivity contribution >= 4 is 11.4 Å². The Morgan fingerprint density at radius 1 is 1.13 bits per heavy atom. The van der Waals surface area contributed by atoms with Crippen molar-refractivity contribution in [3.8, 4) is 5.75 Å². The quantitative estimate of drug-likeness (QED) is 0.831. The predicted octanol–water partition coefficient (Wildman–Crippen LogP) is 3.35. The van der Waals surface area contributed by atoms with E-state index in [0.717, 1.165) is 49.6 Å². The molecular weight excluding hydrogens is 286 g/mol. The van der Waals surface area contributed by atoms with Crippen LogP contribution in [0, 0.1) is 0 Å². The molecule has 2 aromatic rings. The summed E-state index contributed by atoms with van der Waals surface area (Å²) < 4.78 is 5.28.